The van der Waals surface area contributed by atoms with E-state index in [9.17, 15) is 4.79 Å². The molecule has 1 heteroatoms. The van der Waals surface area contributed by atoms with Gasteiger partial charge in [0, 0.05) is 5.92 Å². The first-order chi connectivity index (χ1) is 11.8. The van der Waals surface area contributed by atoms with Crippen molar-refractivity contribution in [3.8, 4) is 0 Å². The number of aldehydes is 1. The predicted octanol–water partition coefficient (Wildman–Crippen LogP) is 8.25. The number of rotatable bonds is 20. The summed E-state index contributed by atoms with van der Waals surface area (Å²) in [5.41, 5.74) is 0. The summed E-state index contributed by atoms with van der Waals surface area (Å²) < 4.78 is 0. The maximum Gasteiger partial charge on any atom is 0.123 e. The topological polar surface area (TPSA) is 17.1 Å². The Hall–Kier alpha value is -0.330. The zero-order valence-corrected chi connectivity index (χ0v) is 17.0. The van der Waals surface area contributed by atoms with Gasteiger partial charge in [-0.25, -0.2) is 0 Å². The van der Waals surface area contributed by atoms with Gasteiger partial charge in [0.1, 0.15) is 6.29 Å². The summed E-state index contributed by atoms with van der Waals surface area (Å²) in [7, 11) is 0. The highest BCUT2D eigenvalue weighted by Crippen LogP contribution is 2.17. The molecule has 0 aliphatic heterocycles. The first-order valence-corrected chi connectivity index (χ1v) is 11.3. The molecule has 0 saturated heterocycles. The maximum absolute atomic E-state index is 11.0. The average Bonchev–Trinajstić information content (AvgIpc) is 2.61. The van der Waals surface area contributed by atoms with Crippen LogP contribution in [-0.4, -0.2) is 6.29 Å². The number of unbranched alkanes of at least 4 members (excludes halogenated alkanes) is 15. The first kappa shape index (κ1) is 23.7. The van der Waals surface area contributed by atoms with Crippen LogP contribution in [-0.2, 0) is 4.79 Å². The monoisotopic (exact) mass is 338 g/mol. The van der Waals surface area contributed by atoms with Gasteiger partial charge in [-0.15, -0.1) is 0 Å². The van der Waals surface area contributed by atoms with Crippen LogP contribution < -0.4 is 0 Å². The molecule has 0 heterocycles. The van der Waals surface area contributed by atoms with Crippen molar-refractivity contribution in [2.45, 2.75) is 136 Å². The minimum atomic E-state index is 0.340. The Bertz CT molecular complexity index is 236. The second kappa shape index (κ2) is 20.7. The van der Waals surface area contributed by atoms with Gasteiger partial charge in [-0.1, -0.05) is 123 Å². The van der Waals surface area contributed by atoms with Crippen LogP contribution in [0.4, 0.5) is 0 Å². The van der Waals surface area contributed by atoms with E-state index in [4.69, 9.17) is 0 Å². The first-order valence-electron chi connectivity index (χ1n) is 11.3. The molecule has 0 saturated carbocycles. The lowest BCUT2D eigenvalue weighted by Gasteiger charge is -2.09. The van der Waals surface area contributed by atoms with E-state index in [0.717, 1.165) is 12.8 Å². The van der Waals surface area contributed by atoms with Crippen molar-refractivity contribution < 1.29 is 4.79 Å². The molecule has 1 atom stereocenters. The number of hydrogen-bond acceptors (Lipinski definition) is 1. The van der Waals surface area contributed by atoms with E-state index < -0.39 is 0 Å². The van der Waals surface area contributed by atoms with E-state index in [1.807, 2.05) is 0 Å². The van der Waals surface area contributed by atoms with Crippen molar-refractivity contribution in [2.24, 2.45) is 5.92 Å². The smallest absolute Gasteiger partial charge is 0.123 e. The molecular weight excluding hydrogens is 292 g/mol. The van der Waals surface area contributed by atoms with E-state index in [1.165, 1.54) is 115 Å². The molecule has 24 heavy (non-hydrogen) atoms. The average molecular weight is 339 g/mol. The summed E-state index contributed by atoms with van der Waals surface area (Å²) in [5.74, 6) is 0.340. The fourth-order valence-corrected chi connectivity index (χ4v) is 3.52. The van der Waals surface area contributed by atoms with Gasteiger partial charge >= 0.3 is 0 Å². The Balaban J connectivity index is 3.13. The zero-order chi connectivity index (χ0) is 17.7. The van der Waals surface area contributed by atoms with E-state index in [1.54, 1.807) is 0 Å². The summed E-state index contributed by atoms with van der Waals surface area (Å²) in [6.07, 6.45) is 27.0. The Kier molecular flexibility index (Phi) is 20.4. The molecule has 144 valence electrons. The lowest BCUT2D eigenvalue weighted by Crippen LogP contribution is -2.01. The Morgan fingerprint density at radius 2 is 0.833 bits per heavy atom. The van der Waals surface area contributed by atoms with Crippen LogP contribution in [0, 0.1) is 5.92 Å². The molecule has 0 N–H and O–H groups in total. The van der Waals surface area contributed by atoms with Crippen LogP contribution >= 0.6 is 0 Å². The van der Waals surface area contributed by atoms with Gasteiger partial charge in [0.25, 0.3) is 0 Å². The molecule has 1 unspecified atom stereocenters. The number of hydrogen-bond donors (Lipinski definition) is 0. The van der Waals surface area contributed by atoms with Gasteiger partial charge in [0.15, 0.2) is 0 Å². The molecule has 1 nitrogen and oxygen atoms in total. The van der Waals surface area contributed by atoms with Crippen LogP contribution in [0.3, 0.4) is 0 Å². The van der Waals surface area contributed by atoms with Crippen LogP contribution in [0.15, 0.2) is 0 Å². The summed E-state index contributed by atoms with van der Waals surface area (Å²) >= 11 is 0. The second-order valence-corrected chi connectivity index (χ2v) is 7.78. The molecule has 0 aliphatic carbocycles. The molecule has 0 radical (unpaired) electrons. The zero-order valence-electron chi connectivity index (χ0n) is 17.0. The highest BCUT2D eigenvalue weighted by Gasteiger charge is 2.05. The molecule has 0 spiro atoms. The summed E-state index contributed by atoms with van der Waals surface area (Å²) in [6.45, 7) is 4.49. The van der Waals surface area contributed by atoms with Gasteiger partial charge in [-0.2, -0.15) is 0 Å². The number of carbonyl (C=O) groups is 1. The standard InChI is InChI=1S/C23H46O/c1-3-5-7-8-9-10-11-12-13-14-15-16-17-18-19-21-23(22-24)20-6-4-2/h22-23H,3-21H2,1-2H3. The normalized spacial score (nSPS) is 12.4. The molecule has 0 aromatic carbocycles. The van der Waals surface area contributed by atoms with Gasteiger partial charge in [0.05, 0.1) is 0 Å². The van der Waals surface area contributed by atoms with Crippen molar-refractivity contribution in [3.05, 3.63) is 0 Å². The van der Waals surface area contributed by atoms with Crippen molar-refractivity contribution in [1.29, 1.82) is 0 Å². The fraction of sp³-hybridized carbons (Fsp3) is 0.957. The van der Waals surface area contributed by atoms with Crippen molar-refractivity contribution in [2.75, 3.05) is 0 Å². The molecule has 0 aromatic rings. The molecular formula is C23H46O. The number of carbonyl (C=O) groups excluding carboxylic acids is 1. The van der Waals surface area contributed by atoms with Gasteiger partial charge in [-0.05, 0) is 12.8 Å². The molecule has 0 aliphatic rings. The lowest BCUT2D eigenvalue weighted by atomic mass is 9.96. The van der Waals surface area contributed by atoms with E-state index in [-0.39, 0.29) is 0 Å². The third-order valence-electron chi connectivity index (χ3n) is 5.30. The maximum atomic E-state index is 11.0. The molecule has 0 amide bonds. The van der Waals surface area contributed by atoms with Gasteiger partial charge < -0.3 is 4.79 Å². The molecule has 0 rings (SSSR count). The van der Waals surface area contributed by atoms with Crippen LogP contribution in [0.1, 0.15) is 136 Å². The quantitative estimate of drug-likeness (QED) is 0.161. The highest BCUT2D eigenvalue weighted by atomic mass is 16.1. The van der Waals surface area contributed by atoms with Crippen LogP contribution in [0.25, 0.3) is 0 Å². The minimum absolute atomic E-state index is 0.340. The Morgan fingerprint density at radius 1 is 0.500 bits per heavy atom. The summed E-state index contributed by atoms with van der Waals surface area (Å²) in [6, 6.07) is 0. The van der Waals surface area contributed by atoms with Gasteiger partial charge in [0.2, 0.25) is 0 Å². The predicted molar refractivity (Wildman–Crippen MR) is 109 cm³/mol. The fourth-order valence-electron chi connectivity index (χ4n) is 3.52. The van der Waals surface area contributed by atoms with Gasteiger partial charge in [-0.3, -0.25) is 0 Å². The van der Waals surface area contributed by atoms with Crippen LogP contribution in [0.2, 0.25) is 0 Å². The third kappa shape index (κ3) is 18.0. The lowest BCUT2D eigenvalue weighted by molar-refractivity contribution is -0.111. The van der Waals surface area contributed by atoms with E-state index in [2.05, 4.69) is 13.8 Å². The van der Waals surface area contributed by atoms with Crippen molar-refractivity contribution in [1.82, 2.24) is 0 Å². The summed E-state index contributed by atoms with van der Waals surface area (Å²) in [5, 5.41) is 0. The largest absolute Gasteiger partial charge is 0.303 e. The van der Waals surface area contributed by atoms with E-state index >= 15 is 0 Å². The van der Waals surface area contributed by atoms with Crippen molar-refractivity contribution in [3.63, 3.8) is 0 Å². The Labute approximate surface area is 153 Å². The third-order valence-corrected chi connectivity index (χ3v) is 5.30. The highest BCUT2D eigenvalue weighted by molar-refractivity contribution is 5.53. The minimum Gasteiger partial charge on any atom is -0.303 e. The van der Waals surface area contributed by atoms with E-state index in [0.29, 0.717) is 5.92 Å². The second-order valence-electron chi connectivity index (χ2n) is 7.78. The molecule has 0 fully saturated rings. The summed E-state index contributed by atoms with van der Waals surface area (Å²) in [4.78, 5) is 11.0. The Morgan fingerprint density at radius 3 is 1.21 bits per heavy atom. The SMILES string of the molecule is CCCCCCCCCCCCCCCCCC(C=O)CCCC. The molecule has 0 aromatic heterocycles. The van der Waals surface area contributed by atoms with Crippen LogP contribution in [0.5, 0.6) is 0 Å². The molecule has 0 bridgehead atoms. The van der Waals surface area contributed by atoms with Crippen molar-refractivity contribution >= 4 is 6.29 Å².